The van der Waals surface area contributed by atoms with Crippen LogP contribution in [0.25, 0.3) is 0 Å². The molecular formula is C10H14N4O3. The van der Waals surface area contributed by atoms with E-state index in [0.717, 1.165) is 19.4 Å². The van der Waals surface area contributed by atoms with Crippen molar-refractivity contribution in [2.45, 2.75) is 25.4 Å². The Morgan fingerprint density at radius 2 is 2.24 bits per heavy atom. The van der Waals surface area contributed by atoms with Crippen LogP contribution in [0.1, 0.15) is 19.3 Å². The summed E-state index contributed by atoms with van der Waals surface area (Å²) >= 11 is 0. The van der Waals surface area contributed by atoms with Gasteiger partial charge in [0.05, 0.1) is 11.0 Å². The van der Waals surface area contributed by atoms with E-state index in [-0.39, 0.29) is 11.8 Å². The first-order valence-corrected chi connectivity index (χ1v) is 5.57. The minimum absolute atomic E-state index is 0.107. The standard InChI is InChI=1S/C10H14N4O3/c15-14(16)8-5-11-10(12-6-8)13-7-9-3-1-2-4-17-9/h5-6,9H,1-4,7H2,(H,11,12,13). The number of nitrogens with one attached hydrogen (secondary N) is 1. The Kier molecular flexibility index (Phi) is 3.81. The molecule has 0 aliphatic carbocycles. The second-order valence-corrected chi connectivity index (χ2v) is 3.89. The molecule has 92 valence electrons. The maximum absolute atomic E-state index is 10.4. The Bertz CT molecular complexity index is 376. The number of hydrogen-bond donors (Lipinski definition) is 1. The summed E-state index contributed by atoms with van der Waals surface area (Å²) in [5, 5.41) is 13.4. The van der Waals surface area contributed by atoms with Crippen molar-refractivity contribution in [2.75, 3.05) is 18.5 Å². The smallest absolute Gasteiger partial charge is 0.305 e. The van der Waals surface area contributed by atoms with E-state index in [9.17, 15) is 10.1 Å². The molecule has 1 aliphatic heterocycles. The van der Waals surface area contributed by atoms with Crippen LogP contribution >= 0.6 is 0 Å². The molecule has 2 heterocycles. The molecule has 17 heavy (non-hydrogen) atoms. The van der Waals surface area contributed by atoms with Crippen LogP contribution in [-0.2, 0) is 4.74 Å². The number of ether oxygens (including phenoxy) is 1. The molecule has 2 rings (SSSR count). The van der Waals surface area contributed by atoms with Gasteiger partial charge in [0.15, 0.2) is 0 Å². The van der Waals surface area contributed by atoms with Gasteiger partial charge in [0.25, 0.3) is 0 Å². The monoisotopic (exact) mass is 238 g/mol. The number of nitro groups is 1. The van der Waals surface area contributed by atoms with Crippen LogP contribution in [0.5, 0.6) is 0 Å². The highest BCUT2D eigenvalue weighted by Gasteiger charge is 2.14. The third-order valence-corrected chi connectivity index (χ3v) is 2.61. The van der Waals surface area contributed by atoms with Crippen molar-refractivity contribution in [3.8, 4) is 0 Å². The van der Waals surface area contributed by atoms with Gasteiger partial charge in [0, 0.05) is 13.2 Å². The van der Waals surface area contributed by atoms with Crippen molar-refractivity contribution in [3.63, 3.8) is 0 Å². The molecule has 1 unspecified atom stereocenters. The van der Waals surface area contributed by atoms with Gasteiger partial charge in [0.2, 0.25) is 5.95 Å². The number of hydrogen-bond acceptors (Lipinski definition) is 6. The Balaban J connectivity index is 1.84. The molecule has 7 heteroatoms. The van der Waals surface area contributed by atoms with Crippen molar-refractivity contribution >= 4 is 11.6 Å². The predicted octanol–water partition coefficient (Wildman–Crippen LogP) is 1.37. The summed E-state index contributed by atoms with van der Waals surface area (Å²) in [5.74, 6) is 0.393. The van der Waals surface area contributed by atoms with Crippen LogP contribution in [0.3, 0.4) is 0 Å². The molecule has 0 bridgehead atoms. The van der Waals surface area contributed by atoms with Crippen LogP contribution in [0.15, 0.2) is 12.4 Å². The molecule has 0 spiro atoms. The van der Waals surface area contributed by atoms with Gasteiger partial charge in [-0.15, -0.1) is 0 Å². The summed E-state index contributed by atoms with van der Waals surface area (Å²) in [5.41, 5.74) is -0.107. The minimum Gasteiger partial charge on any atom is -0.376 e. The fourth-order valence-electron chi connectivity index (χ4n) is 1.68. The number of rotatable bonds is 4. The molecule has 1 aromatic heterocycles. The topological polar surface area (TPSA) is 90.2 Å². The molecule has 1 atom stereocenters. The SMILES string of the molecule is O=[N+]([O-])c1cnc(NCC2CCCCO2)nc1. The summed E-state index contributed by atoms with van der Waals surface area (Å²) in [6.45, 7) is 1.44. The second-order valence-electron chi connectivity index (χ2n) is 3.89. The van der Waals surface area contributed by atoms with E-state index in [1.165, 1.54) is 18.8 Å². The molecule has 0 radical (unpaired) electrons. The van der Waals surface area contributed by atoms with E-state index in [0.29, 0.717) is 12.5 Å². The van der Waals surface area contributed by atoms with Gasteiger partial charge < -0.3 is 10.1 Å². The Labute approximate surface area is 98.4 Å². The summed E-state index contributed by atoms with van der Waals surface area (Å²) in [7, 11) is 0. The maximum Gasteiger partial charge on any atom is 0.305 e. The lowest BCUT2D eigenvalue weighted by Crippen LogP contribution is -2.27. The third kappa shape index (κ3) is 3.35. The molecule has 0 aromatic carbocycles. The highest BCUT2D eigenvalue weighted by molar-refractivity contribution is 5.30. The largest absolute Gasteiger partial charge is 0.376 e. The first-order chi connectivity index (χ1) is 8.25. The third-order valence-electron chi connectivity index (χ3n) is 2.61. The molecule has 7 nitrogen and oxygen atoms in total. The van der Waals surface area contributed by atoms with Crippen molar-refractivity contribution in [3.05, 3.63) is 22.5 Å². The van der Waals surface area contributed by atoms with Crippen molar-refractivity contribution in [2.24, 2.45) is 0 Å². The van der Waals surface area contributed by atoms with E-state index in [2.05, 4.69) is 15.3 Å². The van der Waals surface area contributed by atoms with Gasteiger partial charge in [-0.1, -0.05) is 0 Å². The zero-order valence-electron chi connectivity index (χ0n) is 9.33. The molecule has 0 saturated carbocycles. The van der Waals surface area contributed by atoms with Crippen molar-refractivity contribution in [1.29, 1.82) is 0 Å². The predicted molar refractivity (Wildman–Crippen MR) is 60.8 cm³/mol. The lowest BCUT2D eigenvalue weighted by Gasteiger charge is -2.22. The number of anilines is 1. The number of nitrogens with zero attached hydrogens (tertiary/aromatic N) is 3. The molecule has 1 fully saturated rings. The molecule has 1 aliphatic rings. The average Bonchev–Trinajstić information content (AvgIpc) is 2.38. The normalized spacial score (nSPS) is 19.9. The van der Waals surface area contributed by atoms with Gasteiger partial charge in [-0.05, 0) is 19.3 Å². The highest BCUT2D eigenvalue weighted by Crippen LogP contribution is 2.13. The lowest BCUT2D eigenvalue weighted by molar-refractivity contribution is -0.385. The second kappa shape index (κ2) is 5.53. The van der Waals surface area contributed by atoms with E-state index < -0.39 is 4.92 Å². The zero-order valence-corrected chi connectivity index (χ0v) is 9.33. The van der Waals surface area contributed by atoms with E-state index >= 15 is 0 Å². The van der Waals surface area contributed by atoms with Gasteiger partial charge >= 0.3 is 5.69 Å². The molecule has 1 N–H and O–H groups in total. The zero-order chi connectivity index (χ0) is 12.1. The van der Waals surface area contributed by atoms with Crippen molar-refractivity contribution in [1.82, 2.24) is 9.97 Å². The molecule has 0 amide bonds. The van der Waals surface area contributed by atoms with Crippen LogP contribution in [0.4, 0.5) is 11.6 Å². The van der Waals surface area contributed by atoms with Gasteiger partial charge in [-0.3, -0.25) is 10.1 Å². The molecular weight excluding hydrogens is 224 g/mol. The van der Waals surface area contributed by atoms with Crippen LogP contribution in [0, 0.1) is 10.1 Å². The fourth-order valence-corrected chi connectivity index (χ4v) is 1.68. The fraction of sp³-hybridized carbons (Fsp3) is 0.600. The lowest BCUT2D eigenvalue weighted by atomic mass is 10.1. The summed E-state index contributed by atoms with van der Waals surface area (Å²) in [6, 6.07) is 0. The minimum atomic E-state index is -0.520. The summed E-state index contributed by atoms with van der Waals surface area (Å²) in [4.78, 5) is 17.6. The quantitative estimate of drug-likeness (QED) is 0.629. The van der Waals surface area contributed by atoms with Gasteiger partial charge in [-0.25, -0.2) is 9.97 Å². The Hall–Kier alpha value is -1.76. The molecule has 1 saturated heterocycles. The van der Waals surface area contributed by atoms with Crippen LogP contribution < -0.4 is 5.32 Å². The van der Waals surface area contributed by atoms with E-state index in [1.807, 2.05) is 0 Å². The van der Waals surface area contributed by atoms with Crippen LogP contribution in [-0.4, -0.2) is 34.1 Å². The maximum atomic E-state index is 10.4. The van der Waals surface area contributed by atoms with Crippen molar-refractivity contribution < 1.29 is 9.66 Å². The summed E-state index contributed by atoms with van der Waals surface area (Å²) < 4.78 is 5.54. The average molecular weight is 238 g/mol. The Morgan fingerprint density at radius 3 is 2.82 bits per heavy atom. The van der Waals surface area contributed by atoms with Gasteiger partial charge in [0.1, 0.15) is 12.4 Å². The van der Waals surface area contributed by atoms with Crippen LogP contribution in [0.2, 0.25) is 0 Å². The molecule has 1 aromatic rings. The van der Waals surface area contributed by atoms with Gasteiger partial charge in [-0.2, -0.15) is 0 Å². The summed E-state index contributed by atoms with van der Waals surface area (Å²) in [6.07, 6.45) is 5.88. The first-order valence-electron chi connectivity index (χ1n) is 5.57. The number of aromatic nitrogens is 2. The van der Waals surface area contributed by atoms with E-state index in [4.69, 9.17) is 4.74 Å². The Morgan fingerprint density at radius 1 is 1.47 bits per heavy atom. The van der Waals surface area contributed by atoms with E-state index in [1.54, 1.807) is 0 Å². The highest BCUT2D eigenvalue weighted by atomic mass is 16.6. The first kappa shape index (κ1) is 11.7.